The number of carboxylic acids is 1. The standard InChI is InChI=1S/C12H21N3O5/c1-2-4-13-10(16)3-5-14-12(19)15-6-7-20-9(8-15)11(17)18/h9H,2-8H2,1H3,(H,13,16)(H,14,19)(H,17,18). The summed E-state index contributed by atoms with van der Waals surface area (Å²) in [7, 11) is 0. The van der Waals surface area contributed by atoms with E-state index in [0.29, 0.717) is 13.1 Å². The van der Waals surface area contributed by atoms with Crippen LogP contribution in [0.2, 0.25) is 0 Å². The fourth-order valence-corrected chi connectivity index (χ4v) is 1.73. The molecule has 3 amide bonds. The van der Waals surface area contributed by atoms with Gasteiger partial charge in [-0.1, -0.05) is 6.92 Å². The van der Waals surface area contributed by atoms with Crippen LogP contribution in [0.5, 0.6) is 0 Å². The van der Waals surface area contributed by atoms with E-state index in [1.807, 2.05) is 6.92 Å². The van der Waals surface area contributed by atoms with Gasteiger partial charge in [-0.15, -0.1) is 0 Å². The Kier molecular flexibility index (Phi) is 6.78. The third kappa shape index (κ3) is 5.43. The summed E-state index contributed by atoms with van der Waals surface area (Å²) in [4.78, 5) is 35.3. The molecule has 0 aromatic carbocycles. The predicted octanol–water partition coefficient (Wildman–Crippen LogP) is -0.602. The van der Waals surface area contributed by atoms with Crippen LogP contribution >= 0.6 is 0 Å². The molecule has 1 aliphatic rings. The number of morpholine rings is 1. The van der Waals surface area contributed by atoms with Crippen molar-refractivity contribution < 1.29 is 24.2 Å². The zero-order chi connectivity index (χ0) is 15.0. The molecule has 0 radical (unpaired) electrons. The van der Waals surface area contributed by atoms with Crippen LogP contribution in [0.15, 0.2) is 0 Å². The molecule has 20 heavy (non-hydrogen) atoms. The second-order valence-electron chi connectivity index (χ2n) is 4.48. The largest absolute Gasteiger partial charge is 0.479 e. The number of nitrogens with one attached hydrogen (secondary N) is 2. The Morgan fingerprint density at radius 3 is 2.70 bits per heavy atom. The van der Waals surface area contributed by atoms with E-state index in [9.17, 15) is 14.4 Å². The summed E-state index contributed by atoms with van der Waals surface area (Å²) < 4.78 is 5.02. The van der Waals surface area contributed by atoms with Gasteiger partial charge in [-0.3, -0.25) is 4.79 Å². The Morgan fingerprint density at radius 1 is 1.30 bits per heavy atom. The Labute approximate surface area is 117 Å². The normalized spacial score (nSPS) is 18.4. The van der Waals surface area contributed by atoms with Crippen LogP contribution in [0.1, 0.15) is 19.8 Å². The molecule has 0 saturated carbocycles. The molecule has 0 aliphatic carbocycles. The summed E-state index contributed by atoms with van der Waals surface area (Å²) in [5.74, 6) is -1.20. The number of hydrogen-bond donors (Lipinski definition) is 3. The monoisotopic (exact) mass is 287 g/mol. The van der Waals surface area contributed by atoms with Crippen molar-refractivity contribution >= 4 is 17.9 Å². The van der Waals surface area contributed by atoms with Gasteiger partial charge in [-0.25, -0.2) is 9.59 Å². The van der Waals surface area contributed by atoms with Crippen LogP contribution in [0.25, 0.3) is 0 Å². The highest BCUT2D eigenvalue weighted by Crippen LogP contribution is 2.05. The van der Waals surface area contributed by atoms with Crippen molar-refractivity contribution in [2.75, 3.05) is 32.8 Å². The smallest absolute Gasteiger partial charge is 0.334 e. The first-order valence-corrected chi connectivity index (χ1v) is 6.68. The summed E-state index contributed by atoms with van der Waals surface area (Å²) in [5.41, 5.74) is 0. The highest BCUT2D eigenvalue weighted by molar-refractivity contribution is 5.79. The number of hydrogen-bond acceptors (Lipinski definition) is 4. The minimum absolute atomic E-state index is 0.0171. The third-order valence-electron chi connectivity index (χ3n) is 2.83. The maximum absolute atomic E-state index is 11.8. The molecule has 8 nitrogen and oxygen atoms in total. The van der Waals surface area contributed by atoms with Gasteiger partial charge in [0.15, 0.2) is 6.10 Å². The lowest BCUT2D eigenvalue weighted by Gasteiger charge is -2.30. The number of carboxylic acid groups (broad SMARTS) is 1. The van der Waals surface area contributed by atoms with Crippen molar-refractivity contribution in [3.63, 3.8) is 0 Å². The van der Waals surface area contributed by atoms with Gasteiger partial charge in [0.25, 0.3) is 0 Å². The first kappa shape index (κ1) is 16.2. The molecule has 0 aromatic rings. The molecule has 0 aromatic heterocycles. The SMILES string of the molecule is CCCNC(=O)CCNC(=O)N1CCOC(C(=O)O)C1. The van der Waals surface area contributed by atoms with Crippen molar-refractivity contribution in [2.24, 2.45) is 0 Å². The molecule has 1 atom stereocenters. The van der Waals surface area contributed by atoms with Crippen LogP contribution in [0, 0.1) is 0 Å². The second kappa shape index (κ2) is 8.36. The van der Waals surface area contributed by atoms with Crippen molar-refractivity contribution in [3.05, 3.63) is 0 Å². The predicted molar refractivity (Wildman–Crippen MR) is 70.3 cm³/mol. The molecule has 1 unspecified atom stereocenters. The van der Waals surface area contributed by atoms with Crippen LogP contribution < -0.4 is 10.6 Å². The fraction of sp³-hybridized carbons (Fsp3) is 0.750. The molecule has 0 spiro atoms. The van der Waals surface area contributed by atoms with E-state index >= 15 is 0 Å². The number of aliphatic carboxylic acids is 1. The van der Waals surface area contributed by atoms with Crippen LogP contribution in [0.3, 0.4) is 0 Å². The Balaban J connectivity index is 2.25. The van der Waals surface area contributed by atoms with Gasteiger partial charge >= 0.3 is 12.0 Å². The quantitative estimate of drug-likeness (QED) is 0.604. The first-order chi connectivity index (χ1) is 9.54. The topological polar surface area (TPSA) is 108 Å². The van der Waals surface area contributed by atoms with Crippen LogP contribution in [0.4, 0.5) is 4.79 Å². The minimum Gasteiger partial charge on any atom is -0.479 e. The molecule has 1 fully saturated rings. The lowest BCUT2D eigenvalue weighted by Crippen LogP contribution is -2.52. The van der Waals surface area contributed by atoms with Gasteiger partial charge in [0.2, 0.25) is 5.91 Å². The molecule has 1 aliphatic heterocycles. The van der Waals surface area contributed by atoms with Gasteiger partial charge < -0.3 is 25.4 Å². The van der Waals surface area contributed by atoms with Gasteiger partial charge in [-0.05, 0) is 6.42 Å². The van der Waals surface area contributed by atoms with Crippen molar-refractivity contribution in [2.45, 2.75) is 25.9 Å². The van der Waals surface area contributed by atoms with Gasteiger partial charge in [0, 0.05) is 26.1 Å². The van der Waals surface area contributed by atoms with E-state index in [2.05, 4.69) is 10.6 Å². The van der Waals surface area contributed by atoms with Crippen molar-refractivity contribution in [1.29, 1.82) is 0 Å². The lowest BCUT2D eigenvalue weighted by molar-refractivity contribution is -0.154. The van der Waals surface area contributed by atoms with Gasteiger partial charge in [-0.2, -0.15) is 0 Å². The molecule has 3 N–H and O–H groups in total. The highest BCUT2D eigenvalue weighted by Gasteiger charge is 2.28. The summed E-state index contributed by atoms with van der Waals surface area (Å²) in [6.45, 7) is 3.36. The zero-order valence-corrected chi connectivity index (χ0v) is 11.6. The maximum atomic E-state index is 11.8. The van der Waals surface area contributed by atoms with E-state index in [1.165, 1.54) is 4.90 Å². The molecular formula is C12H21N3O5. The Bertz CT molecular complexity index is 361. The average Bonchev–Trinajstić information content (AvgIpc) is 2.45. The minimum atomic E-state index is -1.08. The summed E-state index contributed by atoms with van der Waals surface area (Å²) in [6.07, 6.45) is 0.0864. The molecule has 0 bridgehead atoms. The summed E-state index contributed by atoms with van der Waals surface area (Å²) >= 11 is 0. The molecule has 1 heterocycles. The Hall–Kier alpha value is -1.83. The molecule has 114 valence electrons. The molecule has 1 rings (SSSR count). The average molecular weight is 287 g/mol. The van der Waals surface area contributed by atoms with Gasteiger partial charge in [0.05, 0.1) is 13.2 Å². The van der Waals surface area contributed by atoms with E-state index in [1.54, 1.807) is 0 Å². The number of carbonyl (C=O) groups is 3. The zero-order valence-electron chi connectivity index (χ0n) is 11.6. The number of nitrogens with zero attached hydrogens (tertiary/aromatic N) is 1. The van der Waals surface area contributed by atoms with E-state index in [0.717, 1.165) is 6.42 Å². The maximum Gasteiger partial charge on any atom is 0.334 e. The number of urea groups is 1. The number of rotatable bonds is 6. The van der Waals surface area contributed by atoms with Crippen LogP contribution in [-0.2, 0) is 14.3 Å². The second-order valence-corrected chi connectivity index (χ2v) is 4.48. The van der Waals surface area contributed by atoms with Gasteiger partial charge in [0.1, 0.15) is 0 Å². The molecule has 1 saturated heterocycles. The third-order valence-corrected chi connectivity index (χ3v) is 2.83. The summed E-state index contributed by atoms with van der Waals surface area (Å²) in [6, 6.07) is -0.372. The van der Waals surface area contributed by atoms with Crippen molar-refractivity contribution in [1.82, 2.24) is 15.5 Å². The van der Waals surface area contributed by atoms with Crippen molar-refractivity contribution in [3.8, 4) is 0 Å². The highest BCUT2D eigenvalue weighted by atomic mass is 16.5. The number of amides is 3. The number of carbonyl (C=O) groups excluding carboxylic acids is 2. The fourth-order valence-electron chi connectivity index (χ4n) is 1.73. The van der Waals surface area contributed by atoms with E-state index < -0.39 is 12.1 Å². The molecule has 8 heteroatoms. The first-order valence-electron chi connectivity index (χ1n) is 6.68. The van der Waals surface area contributed by atoms with E-state index in [4.69, 9.17) is 9.84 Å². The lowest BCUT2D eigenvalue weighted by atomic mass is 10.3. The number of ether oxygens (including phenoxy) is 1. The summed E-state index contributed by atoms with van der Waals surface area (Å²) in [5, 5.41) is 14.1. The molecular weight excluding hydrogens is 266 g/mol. The Morgan fingerprint density at radius 2 is 2.05 bits per heavy atom. The van der Waals surface area contributed by atoms with E-state index in [-0.39, 0.29) is 38.1 Å². The van der Waals surface area contributed by atoms with Crippen LogP contribution in [-0.4, -0.2) is 66.8 Å².